The van der Waals surface area contributed by atoms with Crippen molar-refractivity contribution in [2.75, 3.05) is 7.11 Å². The Morgan fingerprint density at radius 2 is 1.75 bits per heavy atom. The summed E-state index contributed by atoms with van der Waals surface area (Å²) in [6, 6.07) is 9.70. The zero-order valence-corrected chi connectivity index (χ0v) is 15.6. The standard InChI is InChI=1S/C15H12Br2Cl2O/c1-8-3-4-12(16)10(5-8)14(19)11-6-9(18)7-13(17)15(11)20-2/h3-7,14H,1-2H3. The van der Waals surface area contributed by atoms with Crippen LogP contribution in [0.3, 0.4) is 0 Å². The molecule has 0 aliphatic rings. The first-order valence-corrected chi connectivity index (χ1v) is 8.27. The lowest BCUT2D eigenvalue weighted by atomic mass is 10.0. The van der Waals surface area contributed by atoms with E-state index in [1.165, 1.54) is 0 Å². The Kier molecular flexibility index (Phi) is 5.41. The van der Waals surface area contributed by atoms with Crippen molar-refractivity contribution in [3.8, 4) is 5.75 Å². The minimum Gasteiger partial charge on any atom is -0.495 e. The van der Waals surface area contributed by atoms with Gasteiger partial charge in [0, 0.05) is 15.1 Å². The van der Waals surface area contributed by atoms with Gasteiger partial charge in [-0.2, -0.15) is 0 Å². The first-order chi connectivity index (χ1) is 9.43. The molecule has 0 aromatic heterocycles. The summed E-state index contributed by atoms with van der Waals surface area (Å²) in [6.45, 7) is 2.03. The minimum absolute atomic E-state index is 0.353. The number of halogens is 4. The summed E-state index contributed by atoms with van der Waals surface area (Å²) in [5, 5.41) is 0.260. The summed E-state index contributed by atoms with van der Waals surface area (Å²) in [7, 11) is 1.62. The van der Waals surface area contributed by atoms with E-state index in [-0.39, 0.29) is 5.38 Å². The topological polar surface area (TPSA) is 9.23 Å². The normalized spacial score (nSPS) is 12.3. The summed E-state index contributed by atoms with van der Waals surface area (Å²) in [6.07, 6.45) is 0. The number of hydrogen-bond acceptors (Lipinski definition) is 1. The fourth-order valence-electron chi connectivity index (χ4n) is 2.01. The lowest BCUT2D eigenvalue weighted by Crippen LogP contribution is -2.00. The van der Waals surface area contributed by atoms with Gasteiger partial charge in [-0.05, 0) is 46.6 Å². The fraction of sp³-hybridized carbons (Fsp3) is 0.200. The number of hydrogen-bond donors (Lipinski definition) is 0. The number of methoxy groups -OCH3 is 1. The first-order valence-electron chi connectivity index (χ1n) is 5.87. The molecule has 2 rings (SSSR count). The van der Waals surface area contributed by atoms with Crippen LogP contribution in [0.15, 0.2) is 39.3 Å². The molecule has 2 aromatic carbocycles. The molecule has 2 aromatic rings. The van der Waals surface area contributed by atoms with E-state index in [0.29, 0.717) is 10.8 Å². The van der Waals surface area contributed by atoms with Crippen LogP contribution in [-0.2, 0) is 0 Å². The number of rotatable bonds is 3. The van der Waals surface area contributed by atoms with Gasteiger partial charge in [0.05, 0.1) is 17.0 Å². The van der Waals surface area contributed by atoms with Gasteiger partial charge in [0.2, 0.25) is 0 Å². The molecule has 0 spiro atoms. The van der Waals surface area contributed by atoms with Gasteiger partial charge in [-0.25, -0.2) is 0 Å². The largest absolute Gasteiger partial charge is 0.495 e. The van der Waals surface area contributed by atoms with Gasteiger partial charge in [0.1, 0.15) is 5.75 Å². The second-order valence-electron chi connectivity index (χ2n) is 4.40. The predicted octanol–water partition coefficient (Wildman–Crippen LogP) is 6.51. The average molecular weight is 439 g/mol. The molecule has 0 saturated carbocycles. The van der Waals surface area contributed by atoms with E-state index in [0.717, 1.165) is 25.6 Å². The van der Waals surface area contributed by atoms with Crippen LogP contribution in [0.1, 0.15) is 22.1 Å². The third kappa shape index (κ3) is 3.33. The predicted molar refractivity (Wildman–Crippen MR) is 92.3 cm³/mol. The molecule has 20 heavy (non-hydrogen) atoms. The molecule has 0 amide bonds. The van der Waals surface area contributed by atoms with Gasteiger partial charge in [-0.1, -0.05) is 45.2 Å². The van der Waals surface area contributed by atoms with Crippen LogP contribution in [-0.4, -0.2) is 7.11 Å². The van der Waals surface area contributed by atoms with Gasteiger partial charge in [0.25, 0.3) is 0 Å². The monoisotopic (exact) mass is 436 g/mol. The average Bonchev–Trinajstić information content (AvgIpc) is 2.40. The second kappa shape index (κ2) is 6.69. The maximum Gasteiger partial charge on any atom is 0.138 e. The number of alkyl halides is 1. The number of benzene rings is 2. The highest BCUT2D eigenvalue weighted by Crippen LogP contribution is 2.43. The van der Waals surface area contributed by atoms with Crippen LogP contribution in [0.4, 0.5) is 0 Å². The summed E-state index contributed by atoms with van der Waals surface area (Å²) < 4.78 is 7.19. The van der Waals surface area contributed by atoms with Gasteiger partial charge in [0.15, 0.2) is 0 Å². The van der Waals surface area contributed by atoms with Crippen molar-refractivity contribution in [2.24, 2.45) is 0 Å². The quantitative estimate of drug-likeness (QED) is 0.496. The molecule has 1 unspecified atom stereocenters. The van der Waals surface area contributed by atoms with Crippen molar-refractivity contribution in [1.82, 2.24) is 0 Å². The highest BCUT2D eigenvalue weighted by Gasteiger charge is 2.21. The van der Waals surface area contributed by atoms with Crippen LogP contribution in [0, 0.1) is 6.92 Å². The second-order valence-corrected chi connectivity index (χ2v) is 6.98. The zero-order valence-electron chi connectivity index (χ0n) is 10.9. The maximum absolute atomic E-state index is 6.65. The molecular weight excluding hydrogens is 427 g/mol. The minimum atomic E-state index is -0.353. The van der Waals surface area contributed by atoms with Crippen molar-refractivity contribution in [3.05, 3.63) is 61.0 Å². The van der Waals surface area contributed by atoms with Crippen molar-refractivity contribution >= 4 is 55.1 Å². The van der Waals surface area contributed by atoms with E-state index in [1.807, 2.05) is 25.1 Å². The number of ether oxygens (including phenoxy) is 1. The third-order valence-electron chi connectivity index (χ3n) is 2.94. The SMILES string of the molecule is COc1c(Br)cc(Cl)cc1C(Cl)c1cc(C)ccc1Br. The molecule has 0 fully saturated rings. The molecule has 0 aliphatic heterocycles. The van der Waals surface area contributed by atoms with Gasteiger partial charge < -0.3 is 4.74 Å². The van der Waals surface area contributed by atoms with E-state index < -0.39 is 0 Å². The highest BCUT2D eigenvalue weighted by molar-refractivity contribution is 9.10. The summed E-state index contributed by atoms with van der Waals surface area (Å²) in [5.74, 6) is 0.697. The molecular formula is C15H12Br2Cl2O. The molecule has 5 heteroatoms. The summed E-state index contributed by atoms with van der Waals surface area (Å²) >= 11 is 19.8. The molecule has 0 radical (unpaired) electrons. The molecule has 0 saturated heterocycles. The van der Waals surface area contributed by atoms with Crippen molar-refractivity contribution < 1.29 is 4.74 Å². The summed E-state index contributed by atoms with van der Waals surface area (Å²) in [5.41, 5.74) is 2.97. The number of aryl methyl sites for hydroxylation is 1. The molecule has 0 N–H and O–H groups in total. The Morgan fingerprint density at radius 1 is 1.05 bits per heavy atom. The van der Waals surface area contributed by atoms with Crippen molar-refractivity contribution in [2.45, 2.75) is 12.3 Å². The first kappa shape index (κ1) is 16.2. The van der Waals surface area contributed by atoms with Crippen molar-refractivity contribution in [1.29, 1.82) is 0 Å². The van der Waals surface area contributed by atoms with E-state index in [2.05, 4.69) is 37.9 Å². The van der Waals surface area contributed by atoms with Gasteiger partial charge in [-0.15, -0.1) is 11.6 Å². The Hall–Kier alpha value is -0.220. The molecule has 1 atom stereocenters. The lowest BCUT2D eigenvalue weighted by molar-refractivity contribution is 0.407. The lowest BCUT2D eigenvalue weighted by Gasteiger charge is -2.18. The fourth-order valence-corrected chi connectivity index (χ4v) is 3.95. The van der Waals surface area contributed by atoms with E-state index in [4.69, 9.17) is 27.9 Å². The highest BCUT2D eigenvalue weighted by atomic mass is 79.9. The van der Waals surface area contributed by atoms with E-state index in [9.17, 15) is 0 Å². The van der Waals surface area contributed by atoms with Crippen LogP contribution in [0.5, 0.6) is 5.75 Å². The zero-order chi connectivity index (χ0) is 14.9. The Labute approximate surface area is 145 Å². The Morgan fingerprint density at radius 3 is 2.40 bits per heavy atom. The molecule has 106 valence electrons. The van der Waals surface area contributed by atoms with E-state index >= 15 is 0 Å². The van der Waals surface area contributed by atoms with Crippen LogP contribution >= 0.6 is 55.1 Å². The molecule has 0 bridgehead atoms. The van der Waals surface area contributed by atoms with Crippen molar-refractivity contribution in [3.63, 3.8) is 0 Å². The van der Waals surface area contributed by atoms with Crippen LogP contribution in [0.25, 0.3) is 0 Å². The van der Waals surface area contributed by atoms with Crippen LogP contribution in [0.2, 0.25) is 5.02 Å². The third-order valence-corrected chi connectivity index (χ3v) is 4.94. The van der Waals surface area contributed by atoms with E-state index in [1.54, 1.807) is 13.2 Å². The Bertz CT molecular complexity index is 644. The molecule has 1 nitrogen and oxygen atoms in total. The van der Waals surface area contributed by atoms with Crippen LogP contribution < -0.4 is 4.74 Å². The Balaban J connectivity index is 2.58. The molecule has 0 heterocycles. The maximum atomic E-state index is 6.65. The smallest absolute Gasteiger partial charge is 0.138 e. The van der Waals surface area contributed by atoms with Gasteiger partial charge in [-0.3, -0.25) is 0 Å². The molecule has 0 aliphatic carbocycles. The van der Waals surface area contributed by atoms with Gasteiger partial charge >= 0.3 is 0 Å². The summed E-state index contributed by atoms with van der Waals surface area (Å²) in [4.78, 5) is 0.